The molecule has 0 aliphatic carbocycles. The number of aromatic carboxylic acids is 1. The highest BCUT2D eigenvalue weighted by Crippen LogP contribution is 2.22. The van der Waals surface area contributed by atoms with Crippen molar-refractivity contribution in [1.82, 2.24) is 4.98 Å². The second-order valence-corrected chi connectivity index (χ2v) is 5.55. The van der Waals surface area contributed by atoms with Crippen LogP contribution in [-0.4, -0.2) is 24.5 Å². The van der Waals surface area contributed by atoms with Crippen molar-refractivity contribution >= 4 is 21.8 Å². The Balaban J connectivity index is 2.52. The van der Waals surface area contributed by atoms with Crippen LogP contribution in [0.4, 0.5) is 14.6 Å². The number of nitrogens with one attached hydrogen (secondary N) is 1. The molecule has 0 aliphatic rings. The van der Waals surface area contributed by atoms with Gasteiger partial charge in [0.15, 0.2) is 11.6 Å². The van der Waals surface area contributed by atoms with Crippen molar-refractivity contribution in [1.29, 1.82) is 0 Å². The molecule has 9 heteroatoms. The maximum absolute atomic E-state index is 13.6. The number of hydrogen-bond donors (Lipinski definition) is 2. The molecule has 1 heterocycles. The molecule has 21 heavy (non-hydrogen) atoms. The van der Waals surface area contributed by atoms with Crippen molar-refractivity contribution in [3.63, 3.8) is 0 Å². The number of carboxylic acid groups (broad SMARTS) is 1. The van der Waals surface area contributed by atoms with E-state index in [9.17, 15) is 22.0 Å². The van der Waals surface area contributed by atoms with Crippen molar-refractivity contribution in [2.45, 2.75) is 4.90 Å². The van der Waals surface area contributed by atoms with Crippen molar-refractivity contribution in [2.75, 3.05) is 4.72 Å². The van der Waals surface area contributed by atoms with E-state index >= 15 is 0 Å². The first-order valence-electron chi connectivity index (χ1n) is 5.47. The number of carboxylic acids is 1. The average molecular weight is 314 g/mol. The number of benzene rings is 1. The van der Waals surface area contributed by atoms with Crippen molar-refractivity contribution in [3.8, 4) is 0 Å². The normalized spacial score (nSPS) is 11.1. The average Bonchev–Trinajstić information content (AvgIpc) is 2.41. The quantitative estimate of drug-likeness (QED) is 0.898. The molecule has 0 radical (unpaired) electrons. The van der Waals surface area contributed by atoms with Gasteiger partial charge in [0.1, 0.15) is 10.7 Å². The van der Waals surface area contributed by atoms with Gasteiger partial charge in [0.05, 0.1) is 5.56 Å². The minimum Gasteiger partial charge on any atom is -0.478 e. The van der Waals surface area contributed by atoms with Gasteiger partial charge in [-0.1, -0.05) is 6.07 Å². The van der Waals surface area contributed by atoms with E-state index in [1.807, 2.05) is 4.72 Å². The maximum Gasteiger partial charge on any atom is 0.335 e. The summed E-state index contributed by atoms with van der Waals surface area (Å²) in [5, 5.41) is 8.76. The SMILES string of the molecule is O=C(O)c1cc(F)c(F)c(S(=O)(=O)Nc2ccccn2)c1. The molecule has 6 nitrogen and oxygen atoms in total. The van der Waals surface area contributed by atoms with Gasteiger partial charge in [-0.3, -0.25) is 4.72 Å². The van der Waals surface area contributed by atoms with Gasteiger partial charge in [0, 0.05) is 6.20 Å². The summed E-state index contributed by atoms with van der Waals surface area (Å²) in [7, 11) is -4.51. The standard InChI is InChI=1S/C12H8F2N2O4S/c13-8-5-7(12(17)18)6-9(11(8)14)21(19,20)16-10-3-1-2-4-15-10/h1-6H,(H,15,16)(H,17,18). The fraction of sp³-hybridized carbons (Fsp3) is 0. The first kappa shape index (κ1) is 14.9. The van der Waals surface area contributed by atoms with Crippen LogP contribution in [-0.2, 0) is 10.0 Å². The minimum absolute atomic E-state index is 0.113. The molecule has 2 rings (SSSR count). The molecule has 0 atom stereocenters. The van der Waals surface area contributed by atoms with Gasteiger partial charge in [0.25, 0.3) is 10.0 Å². The van der Waals surface area contributed by atoms with Crippen LogP contribution in [0.5, 0.6) is 0 Å². The maximum atomic E-state index is 13.6. The van der Waals surface area contributed by atoms with E-state index in [0.29, 0.717) is 12.1 Å². The number of nitrogens with zero attached hydrogens (tertiary/aromatic N) is 1. The van der Waals surface area contributed by atoms with Gasteiger partial charge in [-0.25, -0.2) is 27.0 Å². The predicted molar refractivity (Wildman–Crippen MR) is 68.4 cm³/mol. The molecule has 0 saturated carbocycles. The van der Waals surface area contributed by atoms with Crippen LogP contribution >= 0.6 is 0 Å². The Labute approximate surface area is 118 Å². The molecule has 0 amide bonds. The van der Waals surface area contributed by atoms with Gasteiger partial charge in [0.2, 0.25) is 0 Å². The zero-order chi connectivity index (χ0) is 15.6. The van der Waals surface area contributed by atoms with Gasteiger partial charge in [-0.15, -0.1) is 0 Å². The van der Waals surface area contributed by atoms with Crippen LogP contribution < -0.4 is 4.72 Å². The van der Waals surface area contributed by atoms with Crippen LogP contribution in [0.1, 0.15) is 10.4 Å². The zero-order valence-electron chi connectivity index (χ0n) is 10.2. The number of hydrogen-bond acceptors (Lipinski definition) is 4. The highest BCUT2D eigenvalue weighted by molar-refractivity contribution is 7.92. The van der Waals surface area contributed by atoms with E-state index in [-0.39, 0.29) is 5.82 Å². The first-order valence-corrected chi connectivity index (χ1v) is 6.96. The molecule has 0 spiro atoms. The van der Waals surface area contributed by atoms with Gasteiger partial charge in [-0.05, 0) is 24.3 Å². The molecular formula is C12H8F2N2O4S. The second-order valence-electron chi connectivity index (χ2n) is 3.90. The summed E-state index contributed by atoms with van der Waals surface area (Å²) in [6.07, 6.45) is 1.29. The lowest BCUT2D eigenvalue weighted by Crippen LogP contribution is -2.17. The number of anilines is 1. The fourth-order valence-electron chi connectivity index (χ4n) is 1.50. The van der Waals surface area contributed by atoms with Crippen LogP contribution in [0.15, 0.2) is 41.4 Å². The zero-order valence-corrected chi connectivity index (χ0v) is 11.1. The van der Waals surface area contributed by atoms with Crippen LogP contribution in [0.2, 0.25) is 0 Å². The van der Waals surface area contributed by atoms with Gasteiger partial charge >= 0.3 is 5.97 Å². The number of carbonyl (C=O) groups is 1. The summed E-state index contributed by atoms with van der Waals surface area (Å²) in [5.41, 5.74) is -0.685. The summed E-state index contributed by atoms with van der Waals surface area (Å²) >= 11 is 0. The van der Waals surface area contributed by atoms with Crippen LogP contribution in [0.3, 0.4) is 0 Å². The van der Waals surface area contributed by atoms with Crippen molar-refractivity contribution < 1.29 is 27.1 Å². The highest BCUT2D eigenvalue weighted by Gasteiger charge is 2.25. The van der Waals surface area contributed by atoms with E-state index in [1.54, 1.807) is 0 Å². The second kappa shape index (κ2) is 5.44. The van der Waals surface area contributed by atoms with E-state index in [2.05, 4.69) is 4.98 Å². The third kappa shape index (κ3) is 3.14. The topological polar surface area (TPSA) is 96.4 Å². The number of sulfonamides is 1. The van der Waals surface area contributed by atoms with Gasteiger partial charge < -0.3 is 5.11 Å². The monoisotopic (exact) mass is 314 g/mol. The molecular weight excluding hydrogens is 306 g/mol. The van der Waals surface area contributed by atoms with E-state index < -0.39 is 38.1 Å². The summed E-state index contributed by atoms with van der Waals surface area (Å²) in [6, 6.07) is 5.24. The summed E-state index contributed by atoms with van der Waals surface area (Å²) in [4.78, 5) is 13.4. The lowest BCUT2D eigenvalue weighted by atomic mass is 10.2. The summed E-state index contributed by atoms with van der Waals surface area (Å²) in [6.45, 7) is 0. The fourth-order valence-corrected chi connectivity index (χ4v) is 2.62. The Hall–Kier alpha value is -2.55. The van der Waals surface area contributed by atoms with Crippen molar-refractivity contribution in [3.05, 3.63) is 53.7 Å². The third-order valence-electron chi connectivity index (χ3n) is 2.44. The molecule has 2 aromatic rings. The molecule has 0 fully saturated rings. The van der Waals surface area contributed by atoms with Crippen LogP contribution in [0.25, 0.3) is 0 Å². The number of aromatic nitrogens is 1. The Morgan fingerprint density at radius 1 is 1.24 bits per heavy atom. The minimum atomic E-state index is -4.51. The predicted octanol–water partition coefficient (Wildman–Crippen LogP) is 1.86. The van der Waals surface area contributed by atoms with E-state index in [0.717, 1.165) is 0 Å². The molecule has 0 aliphatic heterocycles. The summed E-state index contributed by atoms with van der Waals surface area (Å²) < 4.78 is 52.9. The lowest BCUT2D eigenvalue weighted by molar-refractivity contribution is 0.0696. The first-order chi connectivity index (χ1) is 9.81. The number of pyridine rings is 1. The van der Waals surface area contributed by atoms with E-state index in [1.165, 1.54) is 24.4 Å². The Morgan fingerprint density at radius 3 is 2.52 bits per heavy atom. The third-order valence-corrected chi connectivity index (χ3v) is 3.79. The molecule has 1 aromatic heterocycles. The number of halogens is 2. The molecule has 1 aromatic carbocycles. The van der Waals surface area contributed by atoms with Gasteiger partial charge in [-0.2, -0.15) is 0 Å². The number of rotatable bonds is 4. The molecule has 2 N–H and O–H groups in total. The lowest BCUT2D eigenvalue weighted by Gasteiger charge is -2.09. The Morgan fingerprint density at radius 2 is 1.95 bits per heavy atom. The molecule has 110 valence electrons. The Kier molecular flexibility index (Phi) is 3.85. The molecule has 0 bridgehead atoms. The Bertz CT molecular complexity index is 794. The van der Waals surface area contributed by atoms with E-state index in [4.69, 9.17) is 5.11 Å². The largest absolute Gasteiger partial charge is 0.478 e. The smallest absolute Gasteiger partial charge is 0.335 e. The highest BCUT2D eigenvalue weighted by atomic mass is 32.2. The molecule has 0 unspecified atom stereocenters. The summed E-state index contributed by atoms with van der Waals surface area (Å²) in [5.74, 6) is -4.93. The van der Waals surface area contributed by atoms with Crippen molar-refractivity contribution in [2.24, 2.45) is 0 Å². The molecule has 0 saturated heterocycles. The van der Waals surface area contributed by atoms with Crippen LogP contribution in [0, 0.1) is 11.6 Å².